The Morgan fingerprint density at radius 3 is 2.42 bits per heavy atom. The van der Waals surface area contributed by atoms with Crippen molar-refractivity contribution in [3.05, 3.63) is 69.7 Å². The summed E-state index contributed by atoms with van der Waals surface area (Å²) in [6, 6.07) is 16.1. The predicted molar refractivity (Wildman–Crippen MR) is 78.3 cm³/mol. The van der Waals surface area contributed by atoms with Crippen LogP contribution in [-0.4, -0.2) is 11.2 Å². The Hall–Kier alpha value is -1.81. The fraction of sp³-hybridized carbons (Fsp3) is 0.133. The summed E-state index contributed by atoms with van der Waals surface area (Å²) in [6.07, 6.45) is -0.160. The molecule has 2 aromatic rings. The van der Waals surface area contributed by atoms with Crippen LogP contribution in [0.2, 0.25) is 0 Å². The fourth-order valence-corrected chi connectivity index (χ4v) is 2.13. The van der Waals surface area contributed by atoms with Gasteiger partial charge in [0, 0.05) is 11.0 Å². The third-order valence-corrected chi connectivity index (χ3v) is 3.29. The maximum Gasteiger partial charge on any atom is 0.404 e. The first-order valence-corrected chi connectivity index (χ1v) is 6.72. The first kappa shape index (κ1) is 13.6. The molecule has 0 saturated heterocycles. The van der Waals surface area contributed by atoms with Gasteiger partial charge < -0.3 is 10.4 Å². The number of hydrogen-bond acceptors (Lipinski definition) is 1. The third kappa shape index (κ3) is 4.41. The van der Waals surface area contributed by atoms with Crippen molar-refractivity contribution in [2.24, 2.45) is 0 Å². The van der Waals surface area contributed by atoms with E-state index in [1.807, 2.05) is 36.4 Å². The van der Waals surface area contributed by atoms with E-state index in [0.717, 1.165) is 16.5 Å². The first-order valence-electron chi connectivity index (χ1n) is 5.92. The Labute approximate surface area is 120 Å². The average Bonchev–Trinajstić information content (AvgIpc) is 2.40. The molecule has 0 aliphatic heterocycles. The number of halogens is 1. The lowest BCUT2D eigenvalue weighted by atomic mass is 10.0. The molecule has 0 radical (unpaired) electrons. The van der Waals surface area contributed by atoms with Crippen LogP contribution in [-0.2, 0) is 13.0 Å². The van der Waals surface area contributed by atoms with Gasteiger partial charge in [-0.05, 0) is 35.2 Å². The van der Waals surface area contributed by atoms with Gasteiger partial charge in [-0.15, -0.1) is 0 Å². The molecule has 0 saturated carbocycles. The Morgan fingerprint density at radius 2 is 1.74 bits per heavy atom. The highest BCUT2D eigenvalue weighted by Gasteiger charge is 2.00. The number of hydrogen-bond donors (Lipinski definition) is 2. The van der Waals surface area contributed by atoms with Crippen LogP contribution in [0.4, 0.5) is 4.79 Å². The van der Waals surface area contributed by atoms with Gasteiger partial charge in [0.2, 0.25) is 0 Å². The van der Waals surface area contributed by atoms with Crippen molar-refractivity contribution >= 4 is 22.0 Å². The molecule has 0 bridgehead atoms. The molecule has 2 aromatic carbocycles. The lowest BCUT2D eigenvalue weighted by molar-refractivity contribution is 0.194. The fourth-order valence-electron chi connectivity index (χ4n) is 1.87. The van der Waals surface area contributed by atoms with E-state index < -0.39 is 6.09 Å². The first-order chi connectivity index (χ1) is 9.13. The second kappa shape index (κ2) is 6.38. The molecular weight excluding hydrogens is 306 g/mol. The maximum absolute atomic E-state index is 10.5. The summed E-state index contributed by atoms with van der Waals surface area (Å²) < 4.78 is 1.07. The van der Waals surface area contributed by atoms with E-state index in [4.69, 9.17) is 5.11 Å². The van der Waals surface area contributed by atoms with Crippen LogP contribution >= 0.6 is 15.9 Å². The maximum atomic E-state index is 10.5. The van der Waals surface area contributed by atoms with Gasteiger partial charge in [0.15, 0.2) is 0 Å². The van der Waals surface area contributed by atoms with Gasteiger partial charge in [-0.2, -0.15) is 0 Å². The van der Waals surface area contributed by atoms with Gasteiger partial charge in [-0.3, -0.25) is 0 Å². The minimum absolute atomic E-state index is 0.337. The Balaban J connectivity index is 2.06. The third-order valence-electron chi connectivity index (χ3n) is 2.76. The monoisotopic (exact) mass is 319 g/mol. The molecule has 0 aliphatic rings. The standard InChI is InChI=1S/C15H14BrNO2/c16-14-6-4-11(5-7-14)8-12-2-1-3-13(9-12)10-17-15(18)19/h1-7,9,17H,8,10H2,(H,18,19). The van der Waals surface area contributed by atoms with E-state index in [9.17, 15) is 4.79 Å². The number of benzene rings is 2. The van der Waals surface area contributed by atoms with Crippen LogP contribution in [0.15, 0.2) is 53.0 Å². The number of carbonyl (C=O) groups is 1. The largest absolute Gasteiger partial charge is 0.465 e. The summed E-state index contributed by atoms with van der Waals surface area (Å²) in [4.78, 5) is 10.5. The van der Waals surface area contributed by atoms with Crippen LogP contribution in [0, 0.1) is 0 Å². The van der Waals surface area contributed by atoms with Crippen LogP contribution in [0.1, 0.15) is 16.7 Å². The zero-order chi connectivity index (χ0) is 13.7. The molecule has 0 atom stereocenters. The topological polar surface area (TPSA) is 49.3 Å². The summed E-state index contributed by atoms with van der Waals surface area (Å²) in [5.74, 6) is 0. The van der Waals surface area contributed by atoms with Crippen molar-refractivity contribution < 1.29 is 9.90 Å². The molecule has 0 spiro atoms. The van der Waals surface area contributed by atoms with Gasteiger partial charge in [0.05, 0.1) is 0 Å². The van der Waals surface area contributed by atoms with Gasteiger partial charge in [-0.25, -0.2) is 4.79 Å². The summed E-state index contributed by atoms with van der Waals surface area (Å²) in [7, 11) is 0. The van der Waals surface area contributed by atoms with E-state index in [1.165, 1.54) is 11.1 Å². The molecular formula is C15H14BrNO2. The van der Waals surface area contributed by atoms with E-state index in [0.29, 0.717) is 6.54 Å². The second-order valence-electron chi connectivity index (χ2n) is 4.28. The van der Waals surface area contributed by atoms with Crippen molar-refractivity contribution in [1.82, 2.24) is 5.32 Å². The smallest absolute Gasteiger partial charge is 0.404 e. The van der Waals surface area contributed by atoms with Gasteiger partial charge in [0.1, 0.15) is 0 Å². The van der Waals surface area contributed by atoms with Gasteiger partial charge in [-0.1, -0.05) is 52.3 Å². The van der Waals surface area contributed by atoms with Crippen LogP contribution in [0.5, 0.6) is 0 Å². The van der Waals surface area contributed by atoms with E-state index in [1.54, 1.807) is 0 Å². The van der Waals surface area contributed by atoms with Crippen LogP contribution in [0.3, 0.4) is 0 Å². The number of nitrogens with one attached hydrogen (secondary N) is 1. The molecule has 98 valence electrons. The highest BCUT2D eigenvalue weighted by atomic mass is 79.9. The second-order valence-corrected chi connectivity index (χ2v) is 5.20. The van der Waals surface area contributed by atoms with Crippen LogP contribution in [0.25, 0.3) is 0 Å². The van der Waals surface area contributed by atoms with E-state index >= 15 is 0 Å². The lowest BCUT2D eigenvalue weighted by Gasteiger charge is -2.06. The minimum Gasteiger partial charge on any atom is -0.465 e. The Morgan fingerprint density at radius 1 is 1.05 bits per heavy atom. The summed E-state index contributed by atoms with van der Waals surface area (Å²) >= 11 is 3.41. The number of rotatable bonds is 4. The summed E-state index contributed by atoms with van der Waals surface area (Å²) in [6.45, 7) is 0.337. The van der Waals surface area contributed by atoms with Gasteiger partial charge in [0.25, 0.3) is 0 Å². The van der Waals surface area contributed by atoms with Crippen molar-refractivity contribution in [2.45, 2.75) is 13.0 Å². The highest BCUT2D eigenvalue weighted by Crippen LogP contribution is 2.15. The van der Waals surface area contributed by atoms with Gasteiger partial charge >= 0.3 is 6.09 Å². The molecule has 2 rings (SSSR count). The van der Waals surface area contributed by atoms with Crippen molar-refractivity contribution in [1.29, 1.82) is 0 Å². The lowest BCUT2D eigenvalue weighted by Crippen LogP contribution is -2.19. The minimum atomic E-state index is -1.00. The highest BCUT2D eigenvalue weighted by molar-refractivity contribution is 9.10. The van der Waals surface area contributed by atoms with Crippen molar-refractivity contribution in [3.8, 4) is 0 Å². The SMILES string of the molecule is O=C(O)NCc1cccc(Cc2ccc(Br)cc2)c1. The predicted octanol–water partition coefficient (Wildman–Crippen LogP) is 3.81. The molecule has 4 heteroatoms. The zero-order valence-electron chi connectivity index (χ0n) is 10.3. The van der Waals surface area contributed by atoms with Crippen LogP contribution < -0.4 is 5.32 Å². The molecule has 0 aliphatic carbocycles. The quantitative estimate of drug-likeness (QED) is 0.900. The summed E-state index contributed by atoms with van der Waals surface area (Å²) in [5.41, 5.74) is 3.37. The zero-order valence-corrected chi connectivity index (χ0v) is 11.9. The molecule has 0 unspecified atom stereocenters. The summed E-state index contributed by atoms with van der Waals surface area (Å²) in [5, 5.41) is 11.0. The van der Waals surface area contributed by atoms with Crippen molar-refractivity contribution in [2.75, 3.05) is 0 Å². The Kier molecular flexibility index (Phi) is 4.58. The Bertz CT molecular complexity index is 567. The molecule has 19 heavy (non-hydrogen) atoms. The molecule has 3 nitrogen and oxygen atoms in total. The number of amides is 1. The van der Waals surface area contributed by atoms with Crippen molar-refractivity contribution in [3.63, 3.8) is 0 Å². The molecule has 0 heterocycles. The molecule has 0 aromatic heterocycles. The van der Waals surface area contributed by atoms with E-state index in [-0.39, 0.29) is 0 Å². The normalized spacial score (nSPS) is 10.2. The molecule has 1 amide bonds. The number of carboxylic acid groups (broad SMARTS) is 1. The molecule has 2 N–H and O–H groups in total. The van der Waals surface area contributed by atoms with E-state index in [2.05, 4.69) is 33.4 Å². The average molecular weight is 320 g/mol. The molecule has 0 fully saturated rings.